The quantitative estimate of drug-likeness (QED) is 0.857. The predicted octanol–water partition coefficient (Wildman–Crippen LogP) is 2.83. The number of rotatable bonds is 5. The molecule has 2 heterocycles. The molecule has 0 unspecified atom stereocenters. The maximum absolute atomic E-state index is 11.6. The van der Waals surface area contributed by atoms with Gasteiger partial charge in [-0.25, -0.2) is 0 Å². The van der Waals surface area contributed by atoms with Crippen LogP contribution in [0.4, 0.5) is 0 Å². The fraction of sp³-hybridized carbons (Fsp3) is 0.600. The zero-order valence-electron chi connectivity index (χ0n) is 12.4. The molecule has 0 amide bonds. The standard InChI is InChI=1S/C15H20Cl2N2O3/c1-2-3-15(14(21)22)4-5-19(9-13(15)20)8-10-11(16)6-18-7-12(10)17/h6-7,13,20H,2-5,8-9H2,1H3,(H,21,22)/t13-,15+/m1/s1. The second-order valence-electron chi connectivity index (χ2n) is 5.79. The summed E-state index contributed by atoms with van der Waals surface area (Å²) in [6, 6.07) is 0. The number of aliphatic hydroxyl groups excluding tert-OH is 1. The molecule has 122 valence electrons. The van der Waals surface area contributed by atoms with Crippen molar-refractivity contribution in [3.63, 3.8) is 0 Å². The van der Waals surface area contributed by atoms with Gasteiger partial charge in [0.15, 0.2) is 0 Å². The molecule has 1 aliphatic heterocycles. The number of carboxylic acids is 1. The Morgan fingerprint density at radius 3 is 2.59 bits per heavy atom. The minimum Gasteiger partial charge on any atom is -0.481 e. The van der Waals surface area contributed by atoms with Gasteiger partial charge in [-0.15, -0.1) is 0 Å². The van der Waals surface area contributed by atoms with E-state index in [1.54, 1.807) is 0 Å². The number of piperidine rings is 1. The van der Waals surface area contributed by atoms with Crippen molar-refractivity contribution in [2.24, 2.45) is 5.41 Å². The molecular weight excluding hydrogens is 327 g/mol. The molecule has 5 nitrogen and oxygen atoms in total. The summed E-state index contributed by atoms with van der Waals surface area (Å²) in [5, 5.41) is 20.9. The third kappa shape index (κ3) is 3.38. The highest BCUT2D eigenvalue weighted by Crippen LogP contribution is 2.38. The van der Waals surface area contributed by atoms with Crippen LogP contribution in [0.25, 0.3) is 0 Å². The molecule has 1 saturated heterocycles. The van der Waals surface area contributed by atoms with Gasteiger partial charge in [-0.2, -0.15) is 0 Å². The number of halogens is 2. The fourth-order valence-corrected chi connectivity index (χ4v) is 3.57. The van der Waals surface area contributed by atoms with Gasteiger partial charge in [0.05, 0.1) is 21.6 Å². The van der Waals surface area contributed by atoms with Crippen molar-refractivity contribution in [3.05, 3.63) is 28.0 Å². The Balaban J connectivity index is 2.11. The number of pyridine rings is 1. The summed E-state index contributed by atoms with van der Waals surface area (Å²) < 4.78 is 0. The summed E-state index contributed by atoms with van der Waals surface area (Å²) in [7, 11) is 0. The van der Waals surface area contributed by atoms with Gasteiger partial charge in [0.2, 0.25) is 0 Å². The molecule has 1 aromatic rings. The van der Waals surface area contributed by atoms with Crippen molar-refractivity contribution >= 4 is 29.2 Å². The van der Waals surface area contributed by atoms with E-state index in [1.807, 2.05) is 11.8 Å². The Morgan fingerprint density at radius 2 is 2.09 bits per heavy atom. The van der Waals surface area contributed by atoms with Crippen molar-refractivity contribution in [2.75, 3.05) is 13.1 Å². The van der Waals surface area contributed by atoms with Crippen molar-refractivity contribution < 1.29 is 15.0 Å². The van der Waals surface area contributed by atoms with Crippen LogP contribution in [-0.2, 0) is 11.3 Å². The van der Waals surface area contributed by atoms with Gasteiger partial charge in [-0.1, -0.05) is 36.5 Å². The summed E-state index contributed by atoms with van der Waals surface area (Å²) in [5.41, 5.74) is -0.291. The van der Waals surface area contributed by atoms with Gasteiger partial charge in [0.25, 0.3) is 0 Å². The van der Waals surface area contributed by atoms with E-state index < -0.39 is 17.5 Å². The van der Waals surface area contributed by atoms with Crippen molar-refractivity contribution in [2.45, 2.75) is 38.8 Å². The van der Waals surface area contributed by atoms with Gasteiger partial charge in [-0.3, -0.25) is 14.7 Å². The number of carbonyl (C=O) groups is 1. The number of aromatic nitrogens is 1. The summed E-state index contributed by atoms with van der Waals surface area (Å²) in [6.07, 6.45) is 3.78. The maximum atomic E-state index is 11.6. The van der Waals surface area contributed by atoms with Crippen LogP contribution >= 0.6 is 23.2 Å². The topological polar surface area (TPSA) is 73.7 Å². The Bertz CT molecular complexity index is 535. The molecule has 0 bridgehead atoms. The van der Waals surface area contributed by atoms with E-state index in [-0.39, 0.29) is 0 Å². The van der Waals surface area contributed by atoms with E-state index in [1.165, 1.54) is 12.4 Å². The van der Waals surface area contributed by atoms with Gasteiger partial charge < -0.3 is 10.2 Å². The Kier molecular flexibility index (Phi) is 5.66. The first-order valence-corrected chi connectivity index (χ1v) is 8.08. The number of hydrogen-bond acceptors (Lipinski definition) is 4. The minimum absolute atomic E-state index is 0.293. The van der Waals surface area contributed by atoms with Crippen molar-refractivity contribution in [3.8, 4) is 0 Å². The van der Waals surface area contributed by atoms with E-state index in [9.17, 15) is 15.0 Å². The van der Waals surface area contributed by atoms with Crippen LogP contribution in [0.3, 0.4) is 0 Å². The monoisotopic (exact) mass is 346 g/mol. The van der Waals surface area contributed by atoms with Crippen LogP contribution in [0.5, 0.6) is 0 Å². The maximum Gasteiger partial charge on any atom is 0.312 e. The lowest BCUT2D eigenvalue weighted by Gasteiger charge is -2.42. The third-order valence-corrected chi connectivity index (χ3v) is 5.05. The summed E-state index contributed by atoms with van der Waals surface area (Å²) >= 11 is 12.2. The van der Waals surface area contributed by atoms with Crippen molar-refractivity contribution in [1.82, 2.24) is 9.88 Å². The normalized spacial score (nSPS) is 26.1. The Morgan fingerprint density at radius 1 is 1.45 bits per heavy atom. The molecular formula is C15H20Cl2N2O3. The first-order chi connectivity index (χ1) is 10.4. The third-order valence-electron chi connectivity index (χ3n) is 4.40. The van der Waals surface area contributed by atoms with E-state index >= 15 is 0 Å². The average molecular weight is 347 g/mol. The first-order valence-electron chi connectivity index (χ1n) is 7.32. The molecule has 0 radical (unpaired) electrons. The van der Waals surface area contributed by atoms with Crippen LogP contribution in [0.15, 0.2) is 12.4 Å². The second kappa shape index (κ2) is 7.13. The molecule has 1 aliphatic rings. The number of aliphatic carboxylic acids is 1. The molecule has 2 atom stereocenters. The van der Waals surface area contributed by atoms with Crippen LogP contribution in [-0.4, -0.2) is 45.3 Å². The highest BCUT2D eigenvalue weighted by Gasteiger charge is 2.47. The van der Waals surface area contributed by atoms with Crippen LogP contribution in [0.1, 0.15) is 31.7 Å². The van der Waals surface area contributed by atoms with E-state index in [4.69, 9.17) is 23.2 Å². The number of carboxylic acid groups (broad SMARTS) is 1. The first kappa shape index (κ1) is 17.5. The molecule has 0 aliphatic carbocycles. The smallest absolute Gasteiger partial charge is 0.312 e. The SMILES string of the molecule is CCC[C@]1(C(=O)O)CCN(Cc2c(Cl)cncc2Cl)C[C@H]1O. The van der Waals surface area contributed by atoms with Gasteiger partial charge in [-0.05, 0) is 19.4 Å². The molecule has 2 N–H and O–H groups in total. The van der Waals surface area contributed by atoms with E-state index in [2.05, 4.69) is 4.98 Å². The Hall–Kier alpha value is -0.880. The molecule has 1 fully saturated rings. The molecule has 0 aromatic carbocycles. The van der Waals surface area contributed by atoms with Gasteiger partial charge in [0.1, 0.15) is 0 Å². The molecule has 0 spiro atoms. The lowest BCUT2D eigenvalue weighted by Crippen LogP contribution is -2.54. The minimum atomic E-state index is -1.04. The van der Waals surface area contributed by atoms with E-state index in [0.717, 1.165) is 12.0 Å². The van der Waals surface area contributed by atoms with E-state index in [0.29, 0.717) is 42.5 Å². The molecule has 2 rings (SSSR count). The number of hydrogen-bond donors (Lipinski definition) is 2. The number of aliphatic hydroxyl groups is 1. The predicted molar refractivity (Wildman–Crippen MR) is 85.1 cm³/mol. The molecule has 7 heteroatoms. The summed E-state index contributed by atoms with van der Waals surface area (Å²) in [4.78, 5) is 17.5. The zero-order valence-corrected chi connectivity index (χ0v) is 13.9. The lowest BCUT2D eigenvalue weighted by atomic mass is 9.73. The second-order valence-corrected chi connectivity index (χ2v) is 6.61. The Labute approximate surface area is 139 Å². The van der Waals surface area contributed by atoms with Crippen LogP contribution in [0.2, 0.25) is 10.0 Å². The summed E-state index contributed by atoms with van der Waals surface area (Å²) in [5.74, 6) is -0.915. The van der Waals surface area contributed by atoms with Crippen LogP contribution < -0.4 is 0 Å². The number of β-amino-alcohol motifs (C(OH)–C–C–N with tert-alkyl or cyclic N) is 1. The average Bonchev–Trinajstić information content (AvgIpc) is 2.46. The van der Waals surface area contributed by atoms with Crippen molar-refractivity contribution in [1.29, 1.82) is 0 Å². The molecule has 1 aromatic heterocycles. The highest BCUT2D eigenvalue weighted by molar-refractivity contribution is 6.35. The lowest BCUT2D eigenvalue weighted by molar-refractivity contribution is -0.164. The molecule has 22 heavy (non-hydrogen) atoms. The van der Waals surface area contributed by atoms with Gasteiger partial charge in [0, 0.05) is 31.0 Å². The fourth-order valence-electron chi connectivity index (χ4n) is 3.09. The zero-order chi connectivity index (χ0) is 16.3. The van der Waals surface area contributed by atoms with Crippen LogP contribution in [0, 0.1) is 5.41 Å². The molecule has 0 saturated carbocycles. The largest absolute Gasteiger partial charge is 0.481 e. The highest BCUT2D eigenvalue weighted by atomic mass is 35.5. The summed E-state index contributed by atoms with van der Waals surface area (Å²) in [6.45, 7) is 3.28. The number of likely N-dealkylation sites (tertiary alicyclic amines) is 1. The van der Waals surface area contributed by atoms with Gasteiger partial charge >= 0.3 is 5.97 Å². The number of nitrogens with zero attached hydrogens (tertiary/aromatic N) is 2.